The molecule has 0 bridgehead atoms. The van der Waals surface area contributed by atoms with E-state index in [1.54, 1.807) is 21.3 Å². The molecular formula is C6H16O4. The summed E-state index contributed by atoms with van der Waals surface area (Å²) in [6.07, 6.45) is 0. The molecule has 4 heteroatoms. The largest absolute Gasteiger partial charge is 0.394 e. The van der Waals surface area contributed by atoms with Crippen LogP contribution in [0.15, 0.2) is 0 Å². The maximum atomic E-state index is 7.94. The van der Waals surface area contributed by atoms with Gasteiger partial charge in [0.15, 0.2) is 0 Å². The Morgan fingerprint density at radius 1 is 1.00 bits per heavy atom. The van der Waals surface area contributed by atoms with Crippen LogP contribution in [0.3, 0.4) is 0 Å². The summed E-state index contributed by atoms with van der Waals surface area (Å²) in [6.45, 7) is 0.955. The predicted molar refractivity (Wildman–Crippen MR) is 37.8 cm³/mol. The molecule has 0 unspecified atom stereocenters. The third-order valence-electron chi connectivity index (χ3n) is 0.531. The highest BCUT2D eigenvalue weighted by Crippen LogP contribution is 1.60. The topological polar surface area (TPSA) is 47.9 Å². The van der Waals surface area contributed by atoms with Crippen molar-refractivity contribution in [1.29, 1.82) is 0 Å². The fourth-order valence-electron chi connectivity index (χ4n) is 0.209. The fraction of sp³-hybridized carbons (Fsp3) is 1.00. The Kier molecular flexibility index (Phi) is 19.9. The molecule has 0 aliphatic rings. The van der Waals surface area contributed by atoms with Crippen LogP contribution in [0.4, 0.5) is 0 Å². The molecule has 0 fully saturated rings. The van der Waals surface area contributed by atoms with Gasteiger partial charge in [0.1, 0.15) is 6.79 Å². The molecule has 0 rings (SSSR count). The van der Waals surface area contributed by atoms with Crippen LogP contribution in [0.25, 0.3) is 0 Å². The van der Waals surface area contributed by atoms with E-state index in [9.17, 15) is 0 Å². The number of aliphatic hydroxyl groups excluding tert-OH is 1. The molecule has 10 heavy (non-hydrogen) atoms. The van der Waals surface area contributed by atoms with Crippen molar-refractivity contribution in [3.63, 3.8) is 0 Å². The molecule has 0 aliphatic heterocycles. The molecule has 0 aliphatic carbocycles. The lowest BCUT2D eigenvalue weighted by Gasteiger charge is -1.87. The molecular weight excluding hydrogens is 136 g/mol. The number of ether oxygens (including phenoxy) is 3. The van der Waals surface area contributed by atoms with Crippen molar-refractivity contribution in [2.75, 3.05) is 41.3 Å². The summed E-state index contributed by atoms with van der Waals surface area (Å²) in [4.78, 5) is 0. The van der Waals surface area contributed by atoms with E-state index in [-0.39, 0.29) is 6.61 Å². The molecule has 0 aromatic carbocycles. The summed E-state index contributed by atoms with van der Waals surface area (Å²) in [5.41, 5.74) is 0. The van der Waals surface area contributed by atoms with E-state index in [1.807, 2.05) is 0 Å². The zero-order chi connectivity index (χ0) is 8.24. The van der Waals surface area contributed by atoms with E-state index < -0.39 is 0 Å². The van der Waals surface area contributed by atoms with Gasteiger partial charge in [-0.15, -0.1) is 0 Å². The van der Waals surface area contributed by atoms with E-state index in [0.717, 1.165) is 0 Å². The Bertz CT molecular complexity index is 30.7. The van der Waals surface area contributed by atoms with Crippen molar-refractivity contribution in [1.82, 2.24) is 0 Å². The minimum Gasteiger partial charge on any atom is -0.394 e. The molecule has 0 saturated carbocycles. The first-order valence-corrected chi connectivity index (χ1v) is 2.91. The Labute approximate surface area is 61.7 Å². The maximum absolute atomic E-state index is 7.94. The molecule has 0 aromatic heterocycles. The lowest BCUT2D eigenvalue weighted by atomic mass is 10.8. The minimum atomic E-state index is 0.122. The van der Waals surface area contributed by atoms with Crippen molar-refractivity contribution >= 4 is 0 Å². The zero-order valence-electron chi connectivity index (χ0n) is 6.79. The van der Waals surface area contributed by atoms with Crippen LogP contribution in [-0.4, -0.2) is 46.4 Å². The van der Waals surface area contributed by atoms with E-state index in [2.05, 4.69) is 14.2 Å². The van der Waals surface area contributed by atoms with Crippen LogP contribution < -0.4 is 0 Å². The van der Waals surface area contributed by atoms with Crippen LogP contribution in [-0.2, 0) is 14.2 Å². The van der Waals surface area contributed by atoms with Crippen molar-refractivity contribution in [3.05, 3.63) is 0 Å². The third-order valence-corrected chi connectivity index (χ3v) is 0.531. The number of aliphatic hydroxyl groups is 1. The van der Waals surface area contributed by atoms with Gasteiger partial charge in [-0.25, -0.2) is 0 Å². The lowest BCUT2D eigenvalue weighted by Crippen LogP contribution is -1.91. The smallest absolute Gasteiger partial charge is 0.145 e. The van der Waals surface area contributed by atoms with E-state index >= 15 is 0 Å². The van der Waals surface area contributed by atoms with Crippen LogP contribution in [0.5, 0.6) is 0 Å². The highest BCUT2D eigenvalue weighted by molar-refractivity contribution is 4.12. The second-order valence-corrected chi connectivity index (χ2v) is 1.41. The van der Waals surface area contributed by atoms with Crippen LogP contribution >= 0.6 is 0 Å². The molecule has 0 aromatic rings. The van der Waals surface area contributed by atoms with Crippen LogP contribution in [0.2, 0.25) is 0 Å². The van der Waals surface area contributed by atoms with Crippen LogP contribution in [0.1, 0.15) is 0 Å². The summed E-state index contributed by atoms with van der Waals surface area (Å²) in [6, 6.07) is 0. The van der Waals surface area contributed by atoms with Gasteiger partial charge in [0, 0.05) is 21.3 Å². The van der Waals surface area contributed by atoms with Crippen LogP contribution in [0, 0.1) is 0 Å². The zero-order valence-corrected chi connectivity index (χ0v) is 6.79. The highest BCUT2D eigenvalue weighted by Gasteiger charge is 1.67. The molecule has 0 atom stereocenters. The Morgan fingerprint density at radius 3 is 1.50 bits per heavy atom. The summed E-state index contributed by atoms with van der Waals surface area (Å²) in [7, 11) is 4.73. The van der Waals surface area contributed by atoms with Gasteiger partial charge in [0.2, 0.25) is 0 Å². The van der Waals surface area contributed by atoms with Gasteiger partial charge >= 0.3 is 0 Å². The van der Waals surface area contributed by atoms with Gasteiger partial charge in [-0.05, 0) is 0 Å². The molecule has 1 N–H and O–H groups in total. The fourth-order valence-corrected chi connectivity index (χ4v) is 0.209. The average Bonchev–Trinajstić information content (AvgIpc) is 1.93. The Morgan fingerprint density at radius 2 is 1.50 bits per heavy atom. The van der Waals surface area contributed by atoms with Gasteiger partial charge in [-0.2, -0.15) is 0 Å². The molecule has 0 amide bonds. The number of rotatable bonds is 4. The average molecular weight is 152 g/mol. The quantitative estimate of drug-likeness (QED) is 0.570. The molecule has 4 nitrogen and oxygen atoms in total. The summed E-state index contributed by atoms with van der Waals surface area (Å²) < 4.78 is 13.4. The van der Waals surface area contributed by atoms with Gasteiger partial charge < -0.3 is 19.3 Å². The lowest BCUT2D eigenvalue weighted by molar-refractivity contribution is -0.00271. The number of methoxy groups -OCH3 is 3. The summed E-state index contributed by atoms with van der Waals surface area (Å²) in [5, 5.41) is 7.94. The van der Waals surface area contributed by atoms with Gasteiger partial charge in [0.25, 0.3) is 0 Å². The van der Waals surface area contributed by atoms with Crippen molar-refractivity contribution < 1.29 is 19.3 Å². The standard InChI is InChI=1S/2C3H8O2/c1-4-3-5-2;1-5-3-2-4/h3H2,1-2H3;4H,2-3H2,1H3. The molecule has 0 spiro atoms. The summed E-state index contributed by atoms with van der Waals surface area (Å²) in [5.74, 6) is 0. The second kappa shape index (κ2) is 15.9. The van der Waals surface area contributed by atoms with Crippen molar-refractivity contribution in [2.45, 2.75) is 0 Å². The first kappa shape index (κ1) is 12.5. The Hall–Kier alpha value is -0.160. The van der Waals surface area contributed by atoms with Gasteiger partial charge in [0.05, 0.1) is 13.2 Å². The predicted octanol–water partition coefficient (Wildman–Crippen LogP) is -0.138. The van der Waals surface area contributed by atoms with Crippen molar-refractivity contribution in [2.24, 2.45) is 0 Å². The maximum Gasteiger partial charge on any atom is 0.145 e. The number of hydrogen-bond acceptors (Lipinski definition) is 4. The van der Waals surface area contributed by atoms with E-state index in [4.69, 9.17) is 5.11 Å². The minimum absolute atomic E-state index is 0.122. The molecule has 0 saturated heterocycles. The third kappa shape index (κ3) is 24.9. The van der Waals surface area contributed by atoms with Gasteiger partial charge in [-0.3, -0.25) is 0 Å². The molecule has 64 valence electrons. The van der Waals surface area contributed by atoms with Crippen molar-refractivity contribution in [3.8, 4) is 0 Å². The normalized spacial score (nSPS) is 8.40. The molecule has 0 heterocycles. The van der Waals surface area contributed by atoms with Gasteiger partial charge in [-0.1, -0.05) is 0 Å². The summed E-state index contributed by atoms with van der Waals surface area (Å²) >= 11 is 0. The molecule has 0 radical (unpaired) electrons. The second-order valence-electron chi connectivity index (χ2n) is 1.41. The van der Waals surface area contributed by atoms with E-state index in [1.165, 1.54) is 0 Å². The number of hydrogen-bond donors (Lipinski definition) is 1. The highest BCUT2D eigenvalue weighted by atomic mass is 16.6. The SMILES string of the molecule is COCCO.COCOC. The van der Waals surface area contributed by atoms with E-state index in [0.29, 0.717) is 13.4 Å². The Balaban J connectivity index is 0. The first-order chi connectivity index (χ1) is 4.83. The first-order valence-electron chi connectivity index (χ1n) is 2.91. The monoisotopic (exact) mass is 152 g/mol.